The Morgan fingerprint density at radius 1 is 1.25 bits per heavy atom. The van der Waals surface area contributed by atoms with Crippen LogP contribution in [0.5, 0.6) is 0 Å². The number of benzene rings is 1. The van der Waals surface area contributed by atoms with E-state index in [2.05, 4.69) is 26.0 Å². The zero-order chi connectivity index (χ0) is 11.9. The van der Waals surface area contributed by atoms with Crippen LogP contribution in [0.4, 0.5) is 0 Å². The first kappa shape index (κ1) is 11.0. The lowest BCUT2D eigenvalue weighted by Crippen LogP contribution is -2.21. The Hall–Kier alpha value is -1.51. The van der Waals surface area contributed by atoms with Crippen LogP contribution < -0.4 is 5.69 Å². The van der Waals surface area contributed by atoms with Crippen molar-refractivity contribution >= 4 is 11.0 Å². The van der Waals surface area contributed by atoms with Crippen LogP contribution >= 0.6 is 0 Å². The third-order valence-corrected chi connectivity index (χ3v) is 3.15. The van der Waals surface area contributed by atoms with Crippen LogP contribution in [0.1, 0.15) is 32.3 Å². The van der Waals surface area contributed by atoms with Crippen LogP contribution in [0.25, 0.3) is 11.0 Å². The van der Waals surface area contributed by atoms with Crippen LogP contribution in [0.3, 0.4) is 0 Å². The predicted octanol–water partition coefficient (Wildman–Crippen LogP) is 2.48. The minimum absolute atomic E-state index is 0.0680. The largest absolute Gasteiger partial charge is 0.328 e. The van der Waals surface area contributed by atoms with Crippen LogP contribution in [-0.2, 0) is 13.6 Å². The molecule has 0 radical (unpaired) electrons. The second-order valence-corrected chi connectivity index (χ2v) is 4.49. The Balaban J connectivity index is 2.82. The number of fused-ring (bicyclic) bond motifs is 1. The second kappa shape index (κ2) is 3.81. The maximum absolute atomic E-state index is 11.9. The molecule has 16 heavy (non-hydrogen) atoms. The van der Waals surface area contributed by atoms with Crippen molar-refractivity contribution in [1.29, 1.82) is 0 Å². The zero-order valence-electron chi connectivity index (χ0n) is 10.3. The lowest BCUT2D eigenvalue weighted by atomic mass is 10.0. The first-order valence-electron chi connectivity index (χ1n) is 5.75. The molecule has 0 bridgehead atoms. The normalized spacial score (nSPS) is 11.6. The summed E-state index contributed by atoms with van der Waals surface area (Å²) >= 11 is 0. The van der Waals surface area contributed by atoms with Crippen molar-refractivity contribution in [2.75, 3.05) is 0 Å². The molecular formula is C13H18N2O. The Labute approximate surface area is 95.3 Å². The quantitative estimate of drug-likeness (QED) is 0.760. The van der Waals surface area contributed by atoms with E-state index >= 15 is 0 Å². The van der Waals surface area contributed by atoms with Crippen LogP contribution in [0.15, 0.2) is 23.0 Å². The third-order valence-electron chi connectivity index (χ3n) is 3.15. The van der Waals surface area contributed by atoms with E-state index in [-0.39, 0.29) is 5.69 Å². The molecule has 0 N–H and O–H groups in total. The maximum atomic E-state index is 11.9. The van der Waals surface area contributed by atoms with Gasteiger partial charge in [-0.2, -0.15) is 0 Å². The van der Waals surface area contributed by atoms with Gasteiger partial charge in [-0.15, -0.1) is 0 Å². The van der Waals surface area contributed by atoms with E-state index in [0.29, 0.717) is 5.92 Å². The highest BCUT2D eigenvalue weighted by Gasteiger charge is 2.10. The molecule has 1 aromatic carbocycles. The van der Waals surface area contributed by atoms with Crippen molar-refractivity contribution < 1.29 is 0 Å². The van der Waals surface area contributed by atoms with E-state index in [0.717, 1.165) is 17.6 Å². The standard InChI is InChI=1S/C13H18N2O/c1-5-15-12-8-10(9(2)3)6-7-11(12)14(4)13(15)16/h6-9H,5H2,1-4H3. The van der Waals surface area contributed by atoms with Gasteiger partial charge in [-0.05, 0) is 30.5 Å². The molecule has 1 heterocycles. The highest BCUT2D eigenvalue weighted by Crippen LogP contribution is 2.20. The summed E-state index contributed by atoms with van der Waals surface area (Å²) in [5.41, 5.74) is 3.40. The highest BCUT2D eigenvalue weighted by atomic mass is 16.1. The summed E-state index contributed by atoms with van der Waals surface area (Å²) in [6, 6.07) is 6.27. The summed E-state index contributed by atoms with van der Waals surface area (Å²) in [6.45, 7) is 7.05. The van der Waals surface area contributed by atoms with E-state index in [9.17, 15) is 4.79 Å². The topological polar surface area (TPSA) is 26.9 Å². The molecular weight excluding hydrogens is 200 g/mol. The average molecular weight is 218 g/mol. The Morgan fingerprint density at radius 2 is 1.94 bits per heavy atom. The van der Waals surface area contributed by atoms with Gasteiger partial charge in [-0.1, -0.05) is 19.9 Å². The monoisotopic (exact) mass is 218 g/mol. The second-order valence-electron chi connectivity index (χ2n) is 4.49. The molecule has 0 spiro atoms. The summed E-state index contributed by atoms with van der Waals surface area (Å²) in [5.74, 6) is 0.491. The van der Waals surface area contributed by atoms with Gasteiger partial charge >= 0.3 is 5.69 Å². The van der Waals surface area contributed by atoms with Gasteiger partial charge in [-0.3, -0.25) is 9.13 Å². The molecule has 0 saturated carbocycles. The molecule has 0 fully saturated rings. The van der Waals surface area contributed by atoms with E-state index in [1.54, 1.807) is 4.57 Å². The molecule has 0 atom stereocenters. The summed E-state index contributed by atoms with van der Waals surface area (Å²) in [7, 11) is 1.83. The number of aryl methyl sites for hydroxylation is 2. The number of hydrogen-bond donors (Lipinski definition) is 0. The van der Waals surface area contributed by atoms with E-state index in [1.807, 2.05) is 24.6 Å². The fourth-order valence-electron chi connectivity index (χ4n) is 2.09. The first-order chi connectivity index (χ1) is 7.56. The summed E-state index contributed by atoms with van der Waals surface area (Å²) < 4.78 is 3.53. The predicted molar refractivity (Wildman–Crippen MR) is 66.9 cm³/mol. The number of nitrogens with zero attached hydrogens (tertiary/aromatic N) is 2. The molecule has 0 aliphatic rings. The molecule has 2 rings (SSSR count). The highest BCUT2D eigenvalue weighted by molar-refractivity contribution is 5.77. The summed E-state index contributed by atoms with van der Waals surface area (Å²) in [6.07, 6.45) is 0. The average Bonchev–Trinajstić information content (AvgIpc) is 2.51. The number of rotatable bonds is 2. The number of imidazole rings is 1. The maximum Gasteiger partial charge on any atom is 0.328 e. The fraction of sp³-hybridized carbons (Fsp3) is 0.462. The van der Waals surface area contributed by atoms with Crippen molar-refractivity contribution in [2.24, 2.45) is 7.05 Å². The van der Waals surface area contributed by atoms with Crippen LogP contribution in [0, 0.1) is 0 Å². The molecule has 86 valence electrons. The Kier molecular flexibility index (Phi) is 2.62. The Morgan fingerprint density at radius 3 is 2.50 bits per heavy atom. The Bertz CT molecular complexity index is 575. The van der Waals surface area contributed by atoms with Crippen molar-refractivity contribution in [3.05, 3.63) is 34.2 Å². The molecule has 3 heteroatoms. The van der Waals surface area contributed by atoms with Gasteiger partial charge in [0.1, 0.15) is 0 Å². The van der Waals surface area contributed by atoms with Crippen molar-refractivity contribution in [1.82, 2.24) is 9.13 Å². The van der Waals surface area contributed by atoms with Gasteiger partial charge < -0.3 is 0 Å². The van der Waals surface area contributed by atoms with E-state index in [4.69, 9.17) is 0 Å². The van der Waals surface area contributed by atoms with Crippen LogP contribution in [-0.4, -0.2) is 9.13 Å². The molecule has 1 aromatic heterocycles. The lowest BCUT2D eigenvalue weighted by Gasteiger charge is -2.06. The van der Waals surface area contributed by atoms with Crippen molar-refractivity contribution in [2.45, 2.75) is 33.2 Å². The molecule has 2 aromatic rings. The molecule has 0 aliphatic carbocycles. The molecule has 0 unspecified atom stereocenters. The minimum atomic E-state index is 0.0680. The van der Waals surface area contributed by atoms with Gasteiger partial charge in [0, 0.05) is 13.6 Å². The fourth-order valence-corrected chi connectivity index (χ4v) is 2.09. The lowest BCUT2D eigenvalue weighted by molar-refractivity contribution is 0.712. The zero-order valence-corrected chi connectivity index (χ0v) is 10.3. The molecule has 0 amide bonds. The summed E-state index contributed by atoms with van der Waals surface area (Å²) in [4.78, 5) is 11.9. The molecule has 3 nitrogen and oxygen atoms in total. The van der Waals surface area contributed by atoms with Crippen molar-refractivity contribution in [3.63, 3.8) is 0 Å². The third kappa shape index (κ3) is 1.47. The minimum Gasteiger partial charge on any atom is -0.295 e. The SMILES string of the molecule is CCn1c(=O)n(C)c2ccc(C(C)C)cc21. The smallest absolute Gasteiger partial charge is 0.295 e. The van der Waals surface area contributed by atoms with Gasteiger partial charge in [0.2, 0.25) is 0 Å². The van der Waals surface area contributed by atoms with Gasteiger partial charge in [0.25, 0.3) is 0 Å². The van der Waals surface area contributed by atoms with E-state index in [1.165, 1.54) is 5.56 Å². The van der Waals surface area contributed by atoms with Crippen LogP contribution in [0.2, 0.25) is 0 Å². The van der Waals surface area contributed by atoms with Gasteiger partial charge in [0.05, 0.1) is 11.0 Å². The number of aromatic nitrogens is 2. The van der Waals surface area contributed by atoms with Gasteiger partial charge in [-0.25, -0.2) is 4.79 Å². The molecule has 0 saturated heterocycles. The van der Waals surface area contributed by atoms with Gasteiger partial charge in [0.15, 0.2) is 0 Å². The van der Waals surface area contributed by atoms with E-state index < -0.39 is 0 Å². The molecule has 0 aliphatic heterocycles. The van der Waals surface area contributed by atoms with Crippen molar-refractivity contribution in [3.8, 4) is 0 Å². The number of hydrogen-bond acceptors (Lipinski definition) is 1. The first-order valence-corrected chi connectivity index (χ1v) is 5.75. The summed E-state index contributed by atoms with van der Waals surface area (Å²) in [5, 5.41) is 0.